The Bertz CT molecular complexity index is 1400. The lowest BCUT2D eigenvalue weighted by molar-refractivity contribution is -0.145. The van der Waals surface area contributed by atoms with Gasteiger partial charge in [-0.05, 0) is 61.4 Å². The number of nitrogens with zero attached hydrogens (tertiary/aromatic N) is 3. The maximum Gasteiger partial charge on any atom is 0.272 e. The predicted molar refractivity (Wildman–Crippen MR) is 198 cm³/mol. The number of rotatable bonds is 13. The molecule has 1 unspecified atom stereocenters. The van der Waals surface area contributed by atoms with Crippen molar-refractivity contribution in [2.24, 2.45) is 11.3 Å². The molecule has 1 aromatic rings. The van der Waals surface area contributed by atoms with Crippen molar-refractivity contribution in [3.05, 3.63) is 24.3 Å². The minimum absolute atomic E-state index is 0.0656. The third-order valence-electron chi connectivity index (χ3n) is 10.3. The summed E-state index contributed by atoms with van der Waals surface area (Å²) in [7, 11) is 0. The molecule has 282 valence electrons. The Labute approximate surface area is 309 Å². The molecule has 4 aliphatic rings. The molecular formula is C36H55N7O6S2. The van der Waals surface area contributed by atoms with Crippen LogP contribution in [0.2, 0.25) is 0 Å². The van der Waals surface area contributed by atoms with Crippen LogP contribution in [0.15, 0.2) is 18.6 Å². The Kier molecular flexibility index (Phi) is 13.3. The van der Waals surface area contributed by atoms with E-state index in [0.717, 1.165) is 62.9 Å². The van der Waals surface area contributed by atoms with Crippen LogP contribution in [0.25, 0.3) is 0 Å². The van der Waals surface area contributed by atoms with E-state index in [2.05, 4.69) is 31.2 Å². The number of thioether (sulfide) groups is 2. The molecule has 51 heavy (non-hydrogen) atoms. The van der Waals surface area contributed by atoms with Crippen molar-refractivity contribution in [3.8, 4) is 0 Å². The van der Waals surface area contributed by atoms with Gasteiger partial charge in [0.05, 0.1) is 16.3 Å². The number of aliphatic hydroxyl groups excluding tert-OH is 1. The number of amides is 5. The van der Waals surface area contributed by atoms with E-state index in [0.29, 0.717) is 25.8 Å². The van der Waals surface area contributed by atoms with Gasteiger partial charge in [0.25, 0.3) is 11.8 Å². The van der Waals surface area contributed by atoms with Gasteiger partial charge in [-0.2, -0.15) is 0 Å². The van der Waals surface area contributed by atoms with Gasteiger partial charge in [-0.25, -0.2) is 4.98 Å². The zero-order chi connectivity index (χ0) is 36.8. The van der Waals surface area contributed by atoms with Crippen LogP contribution in [0.4, 0.5) is 0 Å². The fraction of sp³-hybridized carbons (Fsp3) is 0.750. The molecule has 15 heteroatoms. The second kappa shape index (κ2) is 17.3. The van der Waals surface area contributed by atoms with Crippen molar-refractivity contribution in [1.82, 2.24) is 36.1 Å². The zero-order valence-corrected chi connectivity index (χ0v) is 32.0. The predicted octanol–water partition coefficient (Wildman–Crippen LogP) is 2.78. The average Bonchev–Trinajstić information content (AvgIpc) is 3.87. The molecule has 13 nitrogen and oxygen atoms in total. The van der Waals surface area contributed by atoms with Gasteiger partial charge in [0, 0.05) is 31.4 Å². The molecule has 4 fully saturated rings. The summed E-state index contributed by atoms with van der Waals surface area (Å²) in [6, 6.07) is -3.50. The molecule has 1 spiro atoms. The molecule has 5 atom stereocenters. The van der Waals surface area contributed by atoms with Crippen LogP contribution >= 0.6 is 23.5 Å². The van der Waals surface area contributed by atoms with E-state index in [4.69, 9.17) is 0 Å². The number of carbonyl (C=O) groups is 5. The SMILES string of the molecule is CCC[C@H](NC(=O)[C@@H]1CC2(CN1C(=O)[C@@H](NC(=O)[C@@H](NC(=O)c1cnccn1)C1CCCCC1)C(C)(C)C)SCCCS2)C(O)C(=O)NC1CC1. The van der Waals surface area contributed by atoms with Crippen molar-refractivity contribution in [1.29, 1.82) is 0 Å². The molecule has 2 aliphatic carbocycles. The lowest BCUT2D eigenvalue weighted by atomic mass is 9.82. The molecule has 5 N–H and O–H groups in total. The van der Waals surface area contributed by atoms with Gasteiger partial charge in [0.2, 0.25) is 17.7 Å². The summed E-state index contributed by atoms with van der Waals surface area (Å²) in [5.74, 6) is -0.535. The summed E-state index contributed by atoms with van der Waals surface area (Å²) in [5, 5.41) is 22.7. The summed E-state index contributed by atoms with van der Waals surface area (Å²) in [6.07, 6.45) is 11.5. The molecule has 2 saturated heterocycles. The monoisotopic (exact) mass is 745 g/mol. The van der Waals surface area contributed by atoms with Gasteiger partial charge in [0.1, 0.15) is 23.8 Å². The van der Waals surface area contributed by atoms with Crippen molar-refractivity contribution in [2.75, 3.05) is 18.1 Å². The number of aliphatic hydroxyl groups is 1. The summed E-state index contributed by atoms with van der Waals surface area (Å²) in [5.41, 5.74) is -0.644. The number of likely N-dealkylation sites (tertiary alicyclic amines) is 1. The number of hydrogen-bond donors (Lipinski definition) is 5. The van der Waals surface area contributed by atoms with Crippen LogP contribution in [-0.2, 0) is 19.2 Å². The normalized spacial score (nSPS) is 23.1. The zero-order valence-electron chi connectivity index (χ0n) is 30.3. The molecule has 1 aromatic heterocycles. The van der Waals surface area contributed by atoms with Crippen LogP contribution < -0.4 is 21.3 Å². The van der Waals surface area contributed by atoms with Crippen molar-refractivity contribution < 1.29 is 29.1 Å². The Morgan fingerprint density at radius 1 is 0.961 bits per heavy atom. The Hall–Kier alpha value is -2.91. The first-order valence-electron chi connectivity index (χ1n) is 18.6. The maximum atomic E-state index is 14.8. The van der Waals surface area contributed by atoms with E-state index >= 15 is 0 Å². The fourth-order valence-electron chi connectivity index (χ4n) is 7.27. The Balaban J connectivity index is 1.38. The van der Waals surface area contributed by atoms with Gasteiger partial charge in [0.15, 0.2) is 6.10 Å². The number of hydrogen-bond acceptors (Lipinski definition) is 10. The minimum Gasteiger partial charge on any atom is -0.381 e. The smallest absolute Gasteiger partial charge is 0.272 e. The van der Waals surface area contributed by atoms with E-state index in [1.54, 1.807) is 28.4 Å². The highest BCUT2D eigenvalue weighted by Crippen LogP contribution is 2.50. The Morgan fingerprint density at radius 3 is 2.27 bits per heavy atom. The third-order valence-corrected chi connectivity index (χ3v) is 13.6. The number of carbonyl (C=O) groups excluding carboxylic acids is 5. The molecule has 0 aromatic carbocycles. The van der Waals surface area contributed by atoms with E-state index in [1.807, 2.05) is 27.7 Å². The fourth-order valence-corrected chi connectivity index (χ4v) is 10.6. The van der Waals surface area contributed by atoms with E-state index in [9.17, 15) is 29.1 Å². The summed E-state index contributed by atoms with van der Waals surface area (Å²) < 4.78 is -0.389. The first-order valence-corrected chi connectivity index (χ1v) is 20.5. The van der Waals surface area contributed by atoms with Crippen LogP contribution in [0.5, 0.6) is 0 Å². The minimum atomic E-state index is -1.41. The number of aromatic nitrogens is 2. The molecule has 2 saturated carbocycles. The van der Waals surface area contributed by atoms with Gasteiger partial charge in [-0.15, -0.1) is 23.5 Å². The molecule has 0 bridgehead atoms. The quantitative estimate of drug-likeness (QED) is 0.201. The molecular weight excluding hydrogens is 691 g/mol. The van der Waals surface area contributed by atoms with Crippen molar-refractivity contribution in [2.45, 2.75) is 139 Å². The van der Waals surface area contributed by atoms with Crippen molar-refractivity contribution >= 4 is 53.1 Å². The van der Waals surface area contributed by atoms with E-state index < -0.39 is 59.3 Å². The topological polar surface area (TPSA) is 183 Å². The van der Waals surface area contributed by atoms with Gasteiger partial charge >= 0.3 is 0 Å². The first-order chi connectivity index (χ1) is 24.3. The third kappa shape index (κ3) is 10.2. The maximum absolute atomic E-state index is 14.8. The standard InChI is InChI=1S/C36H55N7O6S2/c1-5-10-24(28(44)33(48)39-23-13-14-23)40-31(46)26-19-36(50-17-9-18-51-36)21-43(26)34(49)29(35(2,3)4)42-32(47)27(22-11-7-6-8-12-22)41-30(45)25-20-37-15-16-38-25/h15-16,20,22-24,26-29,44H,5-14,17-19,21H2,1-4H3,(H,39,48)(H,40,46)(H,41,45)(H,42,47)/t24-,26-,27-,28?,29+/m0/s1. The summed E-state index contributed by atoms with van der Waals surface area (Å²) in [4.78, 5) is 78.9. The highest BCUT2D eigenvalue weighted by atomic mass is 32.2. The largest absolute Gasteiger partial charge is 0.381 e. The van der Waals surface area contributed by atoms with Gasteiger partial charge in [-0.1, -0.05) is 53.4 Å². The van der Waals surface area contributed by atoms with Crippen molar-refractivity contribution in [3.63, 3.8) is 0 Å². The molecule has 5 rings (SSSR count). The second-order valence-electron chi connectivity index (χ2n) is 15.5. The van der Waals surface area contributed by atoms with Crippen LogP contribution in [-0.4, -0.2) is 108 Å². The first kappa shape index (κ1) is 39.3. The summed E-state index contributed by atoms with van der Waals surface area (Å²) >= 11 is 3.52. The van der Waals surface area contributed by atoms with Crippen LogP contribution in [0.3, 0.4) is 0 Å². The Morgan fingerprint density at radius 2 is 1.67 bits per heavy atom. The number of nitrogens with one attached hydrogen (secondary N) is 4. The molecule has 5 amide bonds. The molecule has 3 heterocycles. The van der Waals surface area contributed by atoms with E-state index in [-0.39, 0.29) is 27.6 Å². The lowest BCUT2D eigenvalue weighted by Gasteiger charge is -2.38. The van der Waals surface area contributed by atoms with Crippen LogP contribution in [0.1, 0.15) is 109 Å². The highest BCUT2D eigenvalue weighted by molar-refractivity contribution is 8.18. The highest BCUT2D eigenvalue weighted by Gasteiger charge is 2.53. The summed E-state index contributed by atoms with van der Waals surface area (Å²) in [6.45, 7) is 7.87. The van der Waals surface area contributed by atoms with Gasteiger partial charge in [-0.3, -0.25) is 29.0 Å². The average molecular weight is 746 g/mol. The lowest BCUT2D eigenvalue weighted by Crippen LogP contribution is -2.62. The van der Waals surface area contributed by atoms with Crippen LogP contribution in [0, 0.1) is 11.3 Å². The second-order valence-corrected chi connectivity index (χ2v) is 18.7. The van der Waals surface area contributed by atoms with Gasteiger partial charge < -0.3 is 31.3 Å². The van der Waals surface area contributed by atoms with E-state index in [1.165, 1.54) is 18.6 Å². The molecule has 0 radical (unpaired) electrons. The molecule has 2 aliphatic heterocycles.